The largest absolute Gasteiger partial charge is 0.344 e. The molecule has 1 saturated carbocycles. The van der Waals surface area contributed by atoms with Gasteiger partial charge in [0, 0.05) is 12.1 Å². The number of aryl methyl sites for hydroxylation is 1. The van der Waals surface area contributed by atoms with E-state index >= 15 is 0 Å². The van der Waals surface area contributed by atoms with E-state index in [1.54, 1.807) is 6.07 Å². The number of hydrogen-bond acceptors (Lipinski definition) is 3. The van der Waals surface area contributed by atoms with Crippen LogP contribution in [0.2, 0.25) is 0 Å². The molecule has 22 heavy (non-hydrogen) atoms. The van der Waals surface area contributed by atoms with E-state index in [-0.39, 0.29) is 11.4 Å². The highest BCUT2D eigenvalue weighted by atomic mass is 16.2. The summed E-state index contributed by atoms with van der Waals surface area (Å²) in [5, 5.41) is 10.2. The molecule has 1 aromatic carbocycles. The van der Waals surface area contributed by atoms with Crippen LogP contribution in [0.3, 0.4) is 0 Å². The Morgan fingerprint density at radius 1 is 1.32 bits per heavy atom. The number of hydrogen-bond donors (Lipinski definition) is 3. The maximum Gasteiger partial charge on any atom is 0.269 e. The maximum atomic E-state index is 12.4. The predicted molar refractivity (Wildman–Crippen MR) is 86.5 cm³/mol. The Bertz CT molecular complexity index is 654. The Morgan fingerprint density at radius 2 is 2.00 bits per heavy atom. The Hall–Kier alpha value is -2.14. The first-order valence-corrected chi connectivity index (χ1v) is 7.77. The third-order valence-corrected chi connectivity index (χ3v) is 4.50. The van der Waals surface area contributed by atoms with Gasteiger partial charge in [-0.05, 0) is 25.8 Å². The number of aromatic amines is 1. The van der Waals surface area contributed by atoms with Crippen molar-refractivity contribution in [3.63, 3.8) is 0 Å². The normalized spacial score (nSPS) is 16.6. The number of carbonyl (C=O) groups is 1. The molecule has 1 amide bonds. The zero-order chi connectivity index (χ0) is 15.6. The van der Waals surface area contributed by atoms with E-state index in [1.165, 1.54) is 5.56 Å². The number of H-pyrrole nitrogens is 1. The molecule has 0 aliphatic heterocycles. The lowest BCUT2D eigenvalue weighted by molar-refractivity contribution is 0.0898. The van der Waals surface area contributed by atoms with Crippen molar-refractivity contribution in [1.29, 1.82) is 0 Å². The molecule has 1 heterocycles. The second-order valence-electron chi connectivity index (χ2n) is 6.18. The van der Waals surface area contributed by atoms with E-state index in [2.05, 4.69) is 15.5 Å². The number of nitrogens with two attached hydrogens (primary N) is 1. The topological polar surface area (TPSA) is 83.8 Å². The van der Waals surface area contributed by atoms with Crippen LogP contribution in [-0.4, -0.2) is 28.2 Å². The highest BCUT2D eigenvalue weighted by molar-refractivity contribution is 5.93. The summed E-state index contributed by atoms with van der Waals surface area (Å²) >= 11 is 0. The van der Waals surface area contributed by atoms with E-state index in [9.17, 15) is 4.79 Å². The first-order chi connectivity index (χ1) is 10.6. The van der Waals surface area contributed by atoms with E-state index in [0.29, 0.717) is 12.2 Å². The summed E-state index contributed by atoms with van der Waals surface area (Å²) in [6.45, 7) is 2.53. The summed E-state index contributed by atoms with van der Waals surface area (Å²) in [4.78, 5) is 12.4. The van der Waals surface area contributed by atoms with Crippen LogP contribution in [0.25, 0.3) is 11.3 Å². The maximum absolute atomic E-state index is 12.4. The summed E-state index contributed by atoms with van der Waals surface area (Å²) < 4.78 is 0. The molecule has 116 valence electrons. The van der Waals surface area contributed by atoms with Crippen LogP contribution in [0.4, 0.5) is 0 Å². The first-order valence-electron chi connectivity index (χ1n) is 7.77. The quantitative estimate of drug-likeness (QED) is 0.810. The third-order valence-electron chi connectivity index (χ3n) is 4.50. The zero-order valence-corrected chi connectivity index (χ0v) is 12.9. The number of amides is 1. The number of aromatic nitrogens is 2. The van der Waals surface area contributed by atoms with Crippen molar-refractivity contribution in [2.75, 3.05) is 6.54 Å². The van der Waals surface area contributed by atoms with Gasteiger partial charge in [-0.15, -0.1) is 0 Å². The lowest BCUT2D eigenvalue weighted by atomic mass is 9.97. The summed E-state index contributed by atoms with van der Waals surface area (Å²) in [6.07, 6.45) is 4.15. The standard InChI is InChI=1S/C17H22N4O/c1-12-4-6-13(7-5-12)14-10-15(21-20-14)16(22)19-17(11-18)8-2-3-9-17/h4-7,10H,2-3,8-9,11,18H2,1H3,(H,19,22)(H,20,21). The molecule has 0 spiro atoms. The van der Waals surface area contributed by atoms with Crippen molar-refractivity contribution in [3.8, 4) is 11.3 Å². The van der Waals surface area contributed by atoms with Gasteiger partial charge in [-0.3, -0.25) is 9.89 Å². The third kappa shape index (κ3) is 2.90. The fraction of sp³-hybridized carbons (Fsp3) is 0.412. The van der Waals surface area contributed by atoms with E-state index in [4.69, 9.17) is 5.73 Å². The van der Waals surface area contributed by atoms with Gasteiger partial charge in [0.25, 0.3) is 5.91 Å². The van der Waals surface area contributed by atoms with Crippen molar-refractivity contribution >= 4 is 5.91 Å². The van der Waals surface area contributed by atoms with Gasteiger partial charge < -0.3 is 11.1 Å². The Labute approximate surface area is 130 Å². The van der Waals surface area contributed by atoms with Gasteiger partial charge in [0.05, 0.1) is 11.2 Å². The number of nitrogens with one attached hydrogen (secondary N) is 2. The van der Waals surface area contributed by atoms with Crippen LogP contribution >= 0.6 is 0 Å². The second kappa shape index (κ2) is 5.93. The Kier molecular flexibility index (Phi) is 3.98. The van der Waals surface area contributed by atoms with E-state index in [1.807, 2.05) is 31.2 Å². The molecule has 1 aliphatic carbocycles. The molecule has 4 N–H and O–H groups in total. The van der Waals surface area contributed by atoms with Crippen LogP contribution in [0, 0.1) is 6.92 Å². The number of nitrogens with zero attached hydrogens (tertiary/aromatic N) is 1. The van der Waals surface area contributed by atoms with Crippen LogP contribution in [0.1, 0.15) is 41.7 Å². The van der Waals surface area contributed by atoms with Crippen LogP contribution in [-0.2, 0) is 0 Å². The van der Waals surface area contributed by atoms with Crippen molar-refractivity contribution in [3.05, 3.63) is 41.6 Å². The summed E-state index contributed by atoms with van der Waals surface area (Å²) in [5.41, 5.74) is 9.07. The zero-order valence-electron chi connectivity index (χ0n) is 12.9. The molecule has 1 fully saturated rings. The average Bonchev–Trinajstić information content (AvgIpc) is 3.18. The summed E-state index contributed by atoms with van der Waals surface area (Å²) in [6, 6.07) is 9.87. The predicted octanol–water partition coefficient (Wildman–Crippen LogP) is 2.39. The SMILES string of the molecule is Cc1ccc(-c2cc(C(=O)NC3(CN)CCCC3)[nH]n2)cc1. The Balaban J connectivity index is 1.75. The summed E-state index contributed by atoms with van der Waals surface area (Å²) in [7, 11) is 0. The molecule has 5 heteroatoms. The summed E-state index contributed by atoms with van der Waals surface area (Å²) in [5.74, 6) is -0.127. The van der Waals surface area contributed by atoms with Gasteiger partial charge >= 0.3 is 0 Å². The van der Waals surface area contributed by atoms with Gasteiger partial charge in [0.2, 0.25) is 0 Å². The van der Waals surface area contributed by atoms with Crippen molar-refractivity contribution in [2.45, 2.75) is 38.1 Å². The van der Waals surface area contributed by atoms with Gasteiger partial charge in [-0.25, -0.2) is 0 Å². The molecule has 1 aliphatic rings. The first kappa shape index (κ1) is 14.8. The molecule has 0 atom stereocenters. The fourth-order valence-electron chi connectivity index (χ4n) is 3.05. The van der Waals surface area contributed by atoms with Crippen molar-refractivity contribution in [2.24, 2.45) is 5.73 Å². The lowest BCUT2D eigenvalue weighted by Crippen LogP contribution is -2.51. The smallest absolute Gasteiger partial charge is 0.269 e. The van der Waals surface area contributed by atoms with Gasteiger partial charge in [0.1, 0.15) is 5.69 Å². The Morgan fingerprint density at radius 3 is 2.64 bits per heavy atom. The van der Waals surface area contributed by atoms with Crippen LogP contribution in [0.5, 0.6) is 0 Å². The minimum atomic E-state index is -0.244. The van der Waals surface area contributed by atoms with E-state index < -0.39 is 0 Å². The molecule has 5 nitrogen and oxygen atoms in total. The molecule has 1 aromatic heterocycles. The van der Waals surface area contributed by atoms with Crippen LogP contribution in [0.15, 0.2) is 30.3 Å². The van der Waals surface area contributed by atoms with Gasteiger partial charge in [0.15, 0.2) is 0 Å². The molecule has 0 unspecified atom stereocenters. The van der Waals surface area contributed by atoms with Crippen LogP contribution < -0.4 is 11.1 Å². The molecule has 0 radical (unpaired) electrons. The highest BCUT2D eigenvalue weighted by Gasteiger charge is 2.34. The number of benzene rings is 1. The lowest BCUT2D eigenvalue weighted by Gasteiger charge is -2.28. The van der Waals surface area contributed by atoms with E-state index in [0.717, 1.165) is 36.9 Å². The molecular formula is C17H22N4O. The highest BCUT2D eigenvalue weighted by Crippen LogP contribution is 2.29. The minimum absolute atomic E-state index is 0.127. The molecule has 0 saturated heterocycles. The monoisotopic (exact) mass is 298 g/mol. The van der Waals surface area contributed by atoms with Gasteiger partial charge in [-0.1, -0.05) is 42.7 Å². The number of rotatable bonds is 4. The van der Waals surface area contributed by atoms with Crippen molar-refractivity contribution in [1.82, 2.24) is 15.5 Å². The minimum Gasteiger partial charge on any atom is -0.344 e. The van der Waals surface area contributed by atoms with Gasteiger partial charge in [-0.2, -0.15) is 5.10 Å². The molecule has 0 bridgehead atoms. The average molecular weight is 298 g/mol. The molecule has 3 rings (SSSR count). The molecule has 2 aromatic rings. The number of carbonyl (C=O) groups excluding carboxylic acids is 1. The molecular weight excluding hydrogens is 276 g/mol. The second-order valence-corrected chi connectivity index (χ2v) is 6.18. The fourth-order valence-corrected chi connectivity index (χ4v) is 3.05. The van der Waals surface area contributed by atoms with Crippen molar-refractivity contribution < 1.29 is 4.79 Å².